The summed E-state index contributed by atoms with van der Waals surface area (Å²) in [5, 5.41) is 4.90. The molecule has 0 amide bonds. The second kappa shape index (κ2) is 15.1. The van der Waals surface area contributed by atoms with Crippen LogP contribution in [0.15, 0.2) is 229 Å². The molecular weight excluding hydrogens is 819 g/mol. The van der Waals surface area contributed by atoms with Crippen molar-refractivity contribution < 1.29 is 4.42 Å². The summed E-state index contributed by atoms with van der Waals surface area (Å²) >= 11 is 1.86. The molecule has 13 rings (SSSR count). The number of furan rings is 1. The Balaban J connectivity index is 0.932. The van der Waals surface area contributed by atoms with Gasteiger partial charge in [-0.3, -0.25) is 0 Å². The fraction of sp³-hybridized carbons (Fsp3) is 0.0476. The lowest BCUT2D eigenvalue weighted by atomic mass is 9.82. The monoisotopic (exact) mass is 861 g/mol. The van der Waals surface area contributed by atoms with Gasteiger partial charge in [0.15, 0.2) is 0 Å². The third-order valence-corrected chi connectivity index (χ3v) is 15.1. The Morgan fingerprint density at radius 1 is 0.348 bits per heavy atom. The van der Waals surface area contributed by atoms with Gasteiger partial charge in [0.25, 0.3) is 0 Å². The van der Waals surface area contributed by atoms with Crippen LogP contribution < -0.4 is 4.90 Å². The fourth-order valence-electron chi connectivity index (χ4n) is 10.6. The quantitative estimate of drug-likeness (QED) is 0.159. The van der Waals surface area contributed by atoms with Gasteiger partial charge in [-0.15, -0.1) is 11.3 Å². The van der Waals surface area contributed by atoms with Crippen molar-refractivity contribution in [3.63, 3.8) is 0 Å². The number of benzene rings is 10. The number of thiophene rings is 1. The van der Waals surface area contributed by atoms with E-state index in [2.05, 4.69) is 231 Å². The minimum absolute atomic E-state index is 0.0477. The number of nitrogens with zero attached hydrogens (tertiary/aromatic N) is 1. The van der Waals surface area contributed by atoms with E-state index in [1.165, 1.54) is 70.2 Å². The van der Waals surface area contributed by atoms with Crippen LogP contribution in [-0.2, 0) is 5.41 Å². The second-order valence-corrected chi connectivity index (χ2v) is 19.1. The van der Waals surface area contributed by atoms with E-state index in [-0.39, 0.29) is 5.41 Å². The van der Waals surface area contributed by atoms with E-state index in [0.29, 0.717) is 0 Å². The Morgan fingerprint density at radius 2 is 0.894 bits per heavy atom. The first-order valence-electron chi connectivity index (χ1n) is 22.7. The molecule has 66 heavy (non-hydrogen) atoms. The minimum Gasteiger partial charge on any atom is -0.456 e. The third kappa shape index (κ3) is 6.15. The molecule has 0 spiro atoms. The van der Waals surface area contributed by atoms with Crippen molar-refractivity contribution in [2.24, 2.45) is 0 Å². The van der Waals surface area contributed by atoms with Gasteiger partial charge in [-0.2, -0.15) is 0 Å². The maximum Gasteiger partial charge on any atom is 0.135 e. The summed E-state index contributed by atoms with van der Waals surface area (Å²) < 4.78 is 8.81. The smallest absolute Gasteiger partial charge is 0.135 e. The molecule has 312 valence electrons. The minimum atomic E-state index is -0.0477. The standard InChI is InChI=1S/C63H43NOS/c1-63(2)56-19-9-5-15-49(56)54-38-44(28-35-57(54)63)47-13-3-4-14-48(47)50-16-6-10-20-58(50)64(45-30-23-40(24-31-45)42-29-36-60-55(37-42)51-17-7-11-21-59(51)65-60)46-32-25-41(26-33-46)43-27-34-53-52-18-8-12-22-61(52)66-62(53)39-43/h3-39H,1-2H3. The first-order chi connectivity index (χ1) is 32.5. The molecule has 2 heterocycles. The van der Waals surface area contributed by atoms with Crippen LogP contribution in [0.2, 0.25) is 0 Å². The summed E-state index contributed by atoms with van der Waals surface area (Å²) in [5.41, 5.74) is 19.9. The van der Waals surface area contributed by atoms with Crippen molar-refractivity contribution in [3.8, 4) is 55.6 Å². The SMILES string of the molecule is CC1(C)c2ccccc2-c2cc(-c3ccccc3-c3ccccc3N(c3ccc(-c4ccc5c(c4)sc4ccccc45)cc3)c3ccc(-c4ccc5oc6ccccc6c5c4)cc3)ccc21. The molecule has 0 saturated heterocycles. The van der Waals surface area contributed by atoms with Crippen LogP contribution >= 0.6 is 11.3 Å². The lowest BCUT2D eigenvalue weighted by Crippen LogP contribution is -2.14. The number of anilines is 3. The number of fused-ring (bicyclic) bond motifs is 9. The molecule has 10 aromatic carbocycles. The molecule has 0 N–H and O–H groups in total. The van der Waals surface area contributed by atoms with E-state index >= 15 is 0 Å². The van der Waals surface area contributed by atoms with E-state index in [4.69, 9.17) is 4.42 Å². The molecule has 0 saturated carbocycles. The molecular formula is C63H43NOS. The van der Waals surface area contributed by atoms with Gasteiger partial charge in [0, 0.05) is 53.3 Å². The zero-order chi connectivity index (χ0) is 43.9. The highest BCUT2D eigenvalue weighted by atomic mass is 32.1. The van der Waals surface area contributed by atoms with Gasteiger partial charge in [-0.1, -0.05) is 172 Å². The van der Waals surface area contributed by atoms with Crippen LogP contribution in [0.4, 0.5) is 17.1 Å². The average Bonchev–Trinajstić information content (AvgIpc) is 4.01. The van der Waals surface area contributed by atoms with Crippen molar-refractivity contribution in [1.29, 1.82) is 0 Å². The lowest BCUT2D eigenvalue weighted by Gasteiger charge is -2.29. The van der Waals surface area contributed by atoms with Gasteiger partial charge >= 0.3 is 0 Å². The number of rotatable bonds is 7. The molecule has 0 fully saturated rings. The van der Waals surface area contributed by atoms with Crippen molar-refractivity contribution in [3.05, 3.63) is 236 Å². The Labute approximate surface area is 388 Å². The molecule has 0 unspecified atom stereocenters. The Kier molecular flexibility index (Phi) is 8.78. The van der Waals surface area contributed by atoms with Crippen molar-refractivity contribution >= 4 is 70.5 Å². The maximum absolute atomic E-state index is 6.18. The molecule has 3 heteroatoms. The largest absolute Gasteiger partial charge is 0.456 e. The molecule has 2 nitrogen and oxygen atoms in total. The molecule has 0 aliphatic heterocycles. The predicted octanol–water partition coefficient (Wildman–Crippen LogP) is 18.4. The predicted molar refractivity (Wildman–Crippen MR) is 281 cm³/mol. The van der Waals surface area contributed by atoms with Crippen molar-refractivity contribution in [1.82, 2.24) is 0 Å². The molecule has 12 aromatic rings. The summed E-state index contributed by atoms with van der Waals surface area (Å²) in [7, 11) is 0. The highest BCUT2D eigenvalue weighted by molar-refractivity contribution is 7.25. The molecule has 1 aliphatic carbocycles. The molecule has 1 aliphatic rings. The Bertz CT molecular complexity index is 3850. The average molecular weight is 862 g/mol. The zero-order valence-electron chi connectivity index (χ0n) is 36.6. The van der Waals surface area contributed by atoms with E-state index in [9.17, 15) is 0 Å². The van der Waals surface area contributed by atoms with Crippen LogP contribution in [0.1, 0.15) is 25.0 Å². The van der Waals surface area contributed by atoms with Gasteiger partial charge in [0.05, 0.1) is 5.69 Å². The highest BCUT2D eigenvalue weighted by Gasteiger charge is 2.35. The normalized spacial score (nSPS) is 12.8. The topological polar surface area (TPSA) is 16.4 Å². The molecule has 0 bridgehead atoms. The number of para-hydroxylation sites is 2. The molecule has 0 atom stereocenters. The first-order valence-corrected chi connectivity index (χ1v) is 23.5. The van der Waals surface area contributed by atoms with Crippen molar-refractivity contribution in [2.45, 2.75) is 19.3 Å². The Hall–Kier alpha value is -7.98. The first kappa shape index (κ1) is 38.5. The summed E-state index contributed by atoms with van der Waals surface area (Å²) in [6.07, 6.45) is 0. The van der Waals surface area contributed by atoms with E-state index in [0.717, 1.165) is 55.7 Å². The van der Waals surface area contributed by atoms with E-state index in [1.54, 1.807) is 0 Å². The van der Waals surface area contributed by atoms with Crippen molar-refractivity contribution in [2.75, 3.05) is 4.90 Å². The van der Waals surface area contributed by atoms with Crippen LogP contribution in [0.5, 0.6) is 0 Å². The molecule has 0 radical (unpaired) electrons. The van der Waals surface area contributed by atoms with Gasteiger partial charge < -0.3 is 9.32 Å². The third-order valence-electron chi connectivity index (χ3n) is 13.9. The van der Waals surface area contributed by atoms with Crippen LogP contribution in [0.25, 0.3) is 97.7 Å². The second-order valence-electron chi connectivity index (χ2n) is 18.0. The zero-order valence-corrected chi connectivity index (χ0v) is 37.4. The number of hydrogen-bond acceptors (Lipinski definition) is 3. The summed E-state index contributed by atoms with van der Waals surface area (Å²) in [5.74, 6) is 0. The number of hydrogen-bond donors (Lipinski definition) is 0. The lowest BCUT2D eigenvalue weighted by molar-refractivity contribution is 0.660. The van der Waals surface area contributed by atoms with Gasteiger partial charge in [0.1, 0.15) is 11.2 Å². The summed E-state index contributed by atoms with van der Waals surface area (Å²) in [4.78, 5) is 2.42. The Morgan fingerprint density at radius 3 is 1.68 bits per heavy atom. The summed E-state index contributed by atoms with van der Waals surface area (Å²) in [6.45, 7) is 4.69. The fourth-order valence-corrected chi connectivity index (χ4v) is 11.7. The van der Waals surface area contributed by atoms with Gasteiger partial charge in [-0.05, 0) is 128 Å². The van der Waals surface area contributed by atoms with Crippen LogP contribution in [0.3, 0.4) is 0 Å². The maximum atomic E-state index is 6.18. The highest BCUT2D eigenvalue weighted by Crippen LogP contribution is 2.51. The van der Waals surface area contributed by atoms with Crippen LogP contribution in [-0.4, -0.2) is 0 Å². The summed E-state index contributed by atoms with van der Waals surface area (Å²) in [6, 6.07) is 82.3. The van der Waals surface area contributed by atoms with E-state index < -0.39 is 0 Å². The molecule has 2 aromatic heterocycles. The van der Waals surface area contributed by atoms with E-state index in [1.807, 2.05) is 23.5 Å². The van der Waals surface area contributed by atoms with Gasteiger partial charge in [0.2, 0.25) is 0 Å². The van der Waals surface area contributed by atoms with Gasteiger partial charge in [-0.25, -0.2) is 0 Å². The van der Waals surface area contributed by atoms with Crippen LogP contribution in [0, 0.1) is 0 Å².